The first-order chi connectivity index (χ1) is 10.1. The standard InChI is InChI=1S/C15H23NO5/c1-18-12-9-8-10(14(20-3)15(12)21-4)11(16)6-5-7-13(17)19-2/h8-9,11H,5-7,16H2,1-4H3. The Bertz CT molecular complexity index is 475. The first-order valence-corrected chi connectivity index (χ1v) is 6.70. The van der Waals surface area contributed by atoms with Crippen LogP contribution in [0.1, 0.15) is 30.9 Å². The van der Waals surface area contributed by atoms with Gasteiger partial charge in [0.15, 0.2) is 11.5 Å². The van der Waals surface area contributed by atoms with Crippen LogP contribution in [-0.4, -0.2) is 34.4 Å². The van der Waals surface area contributed by atoms with Gasteiger partial charge in [-0.2, -0.15) is 0 Å². The van der Waals surface area contributed by atoms with E-state index in [1.807, 2.05) is 6.07 Å². The van der Waals surface area contributed by atoms with Crippen molar-refractivity contribution >= 4 is 5.97 Å². The summed E-state index contributed by atoms with van der Waals surface area (Å²) in [6.07, 6.45) is 1.63. The van der Waals surface area contributed by atoms with Crippen LogP contribution in [0, 0.1) is 0 Å². The number of rotatable bonds is 8. The average Bonchev–Trinajstić information content (AvgIpc) is 2.52. The summed E-state index contributed by atoms with van der Waals surface area (Å²) in [5, 5.41) is 0. The summed E-state index contributed by atoms with van der Waals surface area (Å²) in [5.74, 6) is 1.42. The maximum atomic E-state index is 11.1. The van der Waals surface area contributed by atoms with E-state index in [-0.39, 0.29) is 12.0 Å². The van der Waals surface area contributed by atoms with Crippen molar-refractivity contribution in [3.05, 3.63) is 17.7 Å². The number of carbonyl (C=O) groups excluding carboxylic acids is 1. The first-order valence-electron chi connectivity index (χ1n) is 6.70. The molecule has 0 aliphatic heterocycles. The number of nitrogens with two attached hydrogens (primary N) is 1. The highest BCUT2D eigenvalue weighted by molar-refractivity contribution is 5.69. The van der Waals surface area contributed by atoms with Gasteiger partial charge in [-0.05, 0) is 25.0 Å². The Hall–Kier alpha value is -1.95. The minimum absolute atomic E-state index is 0.235. The molecule has 1 aromatic carbocycles. The molecule has 118 valence electrons. The average molecular weight is 297 g/mol. The molecule has 1 aromatic rings. The Morgan fingerprint density at radius 3 is 2.29 bits per heavy atom. The fourth-order valence-corrected chi connectivity index (χ4v) is 2.14. The molecule has 0 aromatic heterocycles. The monoisotopic (exact) mass is 297 g/mol. The topological polar surface area (TPSA) is 80.0 Å². The van der Waals surface area contributed by atoms with Gasteiger partial charge in [-0.1, -0.05) is 0 Å². The summed E-state index contributed by atoms with van der Waals surface area (Å²) in [4.78, 5) is 11.1. The Kier molecular flexibility index (Phi) is 6.81. The summed E-state index contributed by atoms with van der Waals surface area (Å²) in [7, 11) is 6.04. The number of hydrogen-bond acceptors (Lipinski definition) is 6. The predicted molar refractivity (Wildman–Crippen MR) is 78.9 cm³/mol. The second kappa shape index (κ2) is 8.36. The highest BCUT2D eigenvalue weighted by Crippen LogP contribution is 2.42. The van der Waals surface area contributed by atoms with Gasteiger partial charge in [0.2, 0.25) is 5.75 Å². The van der Waals surface area contributed by atoms with Crippen molar-refractivity contribution < 1.29 is 23.7 Å². The zero-order valence-corrected chi connectivity index (χ0v) is 13.0. The van der Waals surface area contributed by atoms with E-state index in [1.54, 1.807) is 27.4 Å². The van der Waals surface area contributed by atoms with E-state index in [1.165, 1.54) is 7.11 Å². The van der Waals surface area contributed by atoms with E-state index in [9.17, 15) is 4.79 Å². The van der Waals surface area contributed by atoms with Crippen molar-refractivity contribution in [2.75, 3.05) is 28.4 Å². The molecule has 1 rings (SSSR count). The van der Waals surface area contributed by atoms with Crippen molar-refractivity contribution in [1.29, 1.82) is 0 Å². The lowest BCUT2D eigenvalue weighted by molar-refractivity contribution is -0.140. The van der Waals surface area contributed by atoms with Crippen LogP contribution in [0.15, 0.2) is 12.1 Å². The third-order valence-electron chi connectivity index (χ3n) is 3.26. The molecule has 0 radical (unpaired) electrons. The SMILES string of the molecule is COC(=O)CCCC(N)c1ccc(OC)c(OC)c1OC. The molecule has 6 heteroatoms. The molecule has 0 fully saturated rings. The lowest BCUT2D eigenvalue weighted by Gasteiger charge is -2.19. The van der Waals surface area contributed by atoms with E-state index in [4.69, 9.17) is 19.9 Å². The van der Waals surface area contributed by atoms with Gasteiger partial charge in [-0.3, -0.25) is 4.79 Å². The predicted octanol–water partition coefficient (Wildman–Crippen LogP) is 2.06. The summed E-state index contributed by atoms with van der Waals surface area (Å²) in [6, 6.07) is 3.38. The number of methoxy groups -OCH3 is 4. The van der Waals surface area contributed by atoms with Crippen molar-refractivity contribution in [3.63, 3.8) is 0 Å². The minimum atomic E-state index is -0.260. The second-order valence-corrected chi connectivity index (χ2v) is 4.50. The third kappa shape index (κ3) is 4.26. The highest BCUT2D eigenvalue weighted by atomic mass is 16.5. The maximum absolute atomic E-state index is 11.1. The van der Waals surface area contributed by atoms with Gasteiger partial charge in [0, 0.05) is 18.0 Å². The number of carbonyl (C=O) groups is 1. The molecule has 0 bridgehead atoms. The molecule has 21 heavy (non-hydrogen) atoms. The van der Waals surface area contributed by atoms with Gasteiger partial charge in [0.25, 0.3) is 0 Å². The van der Waals surface area contributed by atoms with Crippen LogP contribution in [-0.2, 0) is 9.53 Å². The lowest BCUT2D eigenvalue weighted by atomic mass is 10.00. The minimum Gasteiger partial charge on any atom is -0.493 e. The summed E-state index contributed by atoms with van der Waals surface area (Å²) in [6.45, 7) is 0. The van der Waals surface area contributed by atoms with Crippen LogP contribution in [0.2, 0.25) is 0 Å². The molecule has 2 N–H and O–H groups in total. The van der Waals surface area contributed by atoms with Gasteiger partial charge >= 0.3 is 5.97 Å². The van der Waals surface area contributed by atoms with Crippen molar-refractivity contribution in [1.82, 2.24) is 0 Å². The zero-order valence-electron chi connectivity index (χ0n) is 13.0. The molecule has 0 aliphatic rings. The molecule has 1 unspecified atom stereocenters. The molecule has 0 saturated heterocycles. The molecular formula is C15H23NO5. The largest absolute Gasteiger partial charge is 0.493 e. The lowest BCUT2D eigenvalue weighted by Crippen LogP contribution is -2.13. The Balaban J connectivity index is 2.88. The van der Waals surface area contributed by atoms with Crippen LogP contribution >= 0.6 is 0 Å². The van der Waals surface area contributed by atoms with E-state index < -0.39 is 0 Å². The van der Waals surface area contributed by atoms with Gasteiger partial charge in [-0.15, -0.1) is 0 Å². The number of hydrogen-bond donors (Lipinski definition) is 1. The van der Waals surface area contributed by atoms with Crippen LogP contribution < -0.4 is 19.9 Å². The van der Waals surface area contributed by atoms with E-state index >= 15 is 0 Å². The maximum Gasteiger partial charge on any atom is 0.305 e. The second-order valence-electron chi connectivity index (χ2n) is 4.50. The molecule has 0 aliphatic carbocycles. The first kappa shape index (κ1) is 17.1. The van der Waals surface area contributed by atoms with Crippen LogP contribution in [0.25, 0.3) is 0 Å². The van der Waals surface area contributed by atoms with Crippen molar-refractivity contribution in [3.8, 4) is 17.2 Å². The van der Waals surface area contributed by atoms with Gasteiger partial charge in [-0.25, -0.2) is 0 Å². The Labute approximate surface area is 125 Å². The Morgan fingerprint density at radius 1 is 1.10 bits per heavy atom. The fraction of sp³-hybridized carbons (Fsp3) is 0.533. The molecular weight excluding hydrogens is 274 g/mol. The normalized spacial score (nSPS) is 11.7. The summed E-state index contributed by atoms with van der Waals surface area (Å²) >= 11 is 0. The smallest absolute Gasteiger partial charge is 0.305 e. The van der Waals surface area contributed by atoms with E-state index in [0.29, 0.717) is 36.5 Å². The highest BCUT2D eigenvalue weighted by Gasteiger charge is 2.20. The quantitative estimate of drug-likeness (QED) is 0.740. The van der Waals surface area contributed by atoms with Crippen LogP contribution in [0.4, 0.5) is 0 Å². The van der Waals surface area contributed by atoms with Crippen LogP contribution in [0.5, 0.6) is 17.2 Å². The van der Waals surface area contributed by atoms with E-state index in [0.717, 1.165) is 5.56 Å². The molecule has 0 saturated carbocycles. The summed E-state index contributed by atoms with van der Waals surface area (Å²) < 4.78 is 20.6. The number of esters is 1. The molecule has 6 nitrogen and oxygen atoms in total. The zero-order chi connectivity index (χ0) is 15.8. The van der Waals surface area contributed by atoms with Gasteiger partial charge < -0.3 is 24.7 Å². The van der Waals surface area contributed by atoms with Crippen molar-refractivity contribution in [2.24, 2.45) is 5.73 Å². The van der Waals surface area contributed by atoms with Gasteiger partial charge in [0.05, 0.1) is 28.4 Å². The molecule has 0 spiro atoms. The fourth-order valence-electron chi connectivity index (χ4n) is 2.14. The Morgan fingerprint density at radius 2 is 1.76 bits per heavy atom. The molecule has 1 atom stereocenters. The van der Waals surface area contributed by atoms with Crippen LogP contribution in [0.3, 0.4) is 0 Å². The molecule has 0 heterocycles. The molecule has 0 amide bonds. The summed E-state index contributed by atoms with van der Waals surface area (Å²) in [5.41, 5.74) is 7.01. The number of benzene rings is 1. The third-order valence-corrected chi connectivity index (χ3v) is 3.26. The van der Waals surface area contributed by atoms with E-state index in [2.05, 4.69) is 4.74 Å². The number of ether oxygens (including phenoxy) is 4. The van der Waals surface area contributed by atoms with Crippen molar-refractivity contribution in [2.45, 2.75) is 25.3 Å². The van der Waals surface area contributed by atoms with Gasteiger partial charge in [0.1, 0.15) is 0 Å².